The quantitative estimate of drug-likeness (QED) is 0.365. The van der Waals surface area contributed by atoms with Crippen LogP contribution < -0.4 is 10.6 Å². The summed E-state index contributed by atoms with van der Waals surface area (Å²) in [6.45, 7) is 7.48. The number of likely N-dealkylation sites (tertiary alicyclic amines) is 1. The molecular formula is C20H35FIN5. The van der Waals surface area contributed by atoms with Gasteiger partial charge in [0.1, 0.15) is 5.82 Å². The molecule has 154 valence electrons. The maximum absolute atomic E-state index is 13.2. The van der Waals surface area contributed by atoms with Gasteiger partial charge in [-0.2, -0.15) is 0 Å². The van der Waals surface area contributed by atoms with E-state index in [2.05, 4.69) is 39.3 Å². The van der Waals surface area contributed by atoms with Gasteiger partial charge in [-0.3, -0.25) is 4.99 Å². The molecule has 0 radical (unpaired) electrons. The number of hydrogen-bond donors (Lipinski definition) is 2. The van der Waals surface area contributed by atoms with Gasteiger partial charge in [-0.25, -0.2) is 4.39 Å². The Hall–Kier alpha value is -0.930. The van der Waals surface area contributed by atoms with E-state index in [9.17, 15) is 4.39 Å². The van der Waals surface area contributed by atoms with Gasteiger partial charge in [0.2, 0.25) is 0 Å². The van der Waals surface area contributed by atoms with Crippen molar-refractivity contribution in [3.63, 3.8) is 0 Å². The SMILES string of the molecule is CN=C(NCC(c1ccc(F)cc1)N(C)C)NC1CCN(C(C)C)CC1.I. The fourth-order valence-corrected chi connectivity index (χ4v) is 3.43. The molecular weight excluding hydrogens is 456 g/mol. The number of guanidine groups is 1. The van der Waals surface area contributed by atoms with Crippen LogP contribution in [-0.2, 0) is 0 Å². The molecule has 0 aromatic heterocycles. The van der Waals surface area contributed by atoms with E-state index in [1.54, 1.807) is 7.05 Å². The minimum absolute atomic E-state index is 0. The van der Waals surface area contributed by atoms with Crippen LogP contribution in [0.3, 0.4) is 0 Å². The molecule has 1 saturated heterocycles. The highest BCUT2D eigenvalue weighted by Crippen LogP contribution is 2.18. The van der Waals surface area contributed by atoms with Crippen molar-refractivity contribution in [3.8, 4) is 0 Å². The van der Waals surface area contributed by atoms with E-state index in [1.807, 2.05) is 26.2 Å². The first-order chi connectivity index (χ1) is 12.4. The number of nitrogens with zero attached hydrogens (tertiary/aromatic N) is 3. The van der Waals surface area contributed by atoms with Gasteiger partial charge in [0, 0.05) is 38.8 Å². The average Bonchev–Trinajstić information content (AvgIpc) is 2.62. The zero-order chi connectivity index (χ0) is 19.1. The Morgan fingerprint density at radius 3 is 2.30 bits per heavy atom. The number of hydrogen-bond acceptors (Lipinski definition) is 3. The van der Waals surface area contributed by atoms with Crippen LogP contribution in [0.2, 0.25) is 0 Å². The van der Waals surface area contributed by atoms with Crippen LogP contribution in [-0.4, -0.2) is 68.6 Å². The summed E-state index contributed by atoms with van der Waals surface area (Å²) in [5.41, 5.74) is 1.09. The molecule has 0 aliphatic carbocycles. The highest BCUT2D eigenvalue weighted by molar-refractivity contribution is 14.0. The van der Waals surface area contributed by atoms with Crippen LogP contribution in [0.5, 0.6) is 0 Å². The van der Waals surface area contributed by atoms with Crippen LogP contribution >= 0.6 is 24.0 Å². The number of rotatable bonds is 6. The lowest BCUT2D eigenvalue weighted by atomic mass is 10.0. The topological polar surface area (TPSA) is 42.9 Å². The second-order valence-electron chi connectivity index (χ2n) is 7.53. The third-order valence-corrected chi connectivity index (χ3v) is 5.17. The predicted octanol–water partition coefficient (Wildman–Crippen LogP) is 3.08. The average molecular weight is 491 g/mol. The Kier molecular flexibility index (Phi) is 10.5. The van der Waals surface area contributed by atoms with Gasteiger partial charge in [-0.1, -0.05) is 12.1 Å². The summed E-state index contributed by atoms with van der Waals surface area (Å²) in [6, 6.07) is 7.95. The number of nitrogens with one attached hydrogen (secondary N) is 2. The van der Waals surface area contributed by atoms with Gasteiger partial charge >= 0.3 is 0 Å². The second-order valence-corrected chi connectivity index (χ2v) is 7.53. The van der Waals surface area contributed by atoms with Gasteiger partial charge in [0.15, 0.2) is 5.96 Å². The molecule has 1 heterocycles. The van der Waals surface area contributed by atoms with Gasteiger partial charge in [-0.15, -0.1) is 24.0 Å². The monoisotopic (exact) mass is 491 g/mol. The van der Waals surface area contributed by atoms with Crippen molar-refractivity contribution >= 4 is 29.9 Å². The van der Waals surface area contributed by atoms with E-state index in [0.717, 1.165) is 37.5 Å². The Morgan fingerprint density at radius 1 is 1.22 bits per heavy atom. The first-order valence-electron chi connectivity index (χ1n) is 9.53. The molecule has 2 rings (SSSR count). The molecule has 1 unspecified atom stereocenters. The number of benzene rings is 1. The smallest absolute Gasteiger partial charge is 0.191 e. The third-order valence-electron chi connectivity index (χ3n) is 5.17. The van der Waals surface area contributed by atoms with E-state index >= 15 is 0 Å². The van der Waals surface area contributed by atoms with Crippen LogP contribution in [0.25, 0.3) is 0 Å². The molecule has 1 aromatic rings. The molecule has 1 aliphatic rings. The molecule has 1 atom stereocenters. The summed E-state index contributed by atoms with van der Waals surface area (Å²) in [6.07, 6.45) is 2.27. The third kappa shape index (κ3) is 7.54. The highest BCUT2D eigenvalue weighted by Gasteiger charge is 2.22. The van der Waals surface area contributed by atoms with Crippen molar-refractivity contribution in [2.45, 2.75) is 44.8 Å². The molecule has 1 aliphatic heterocycles. The first-order valence-corrected chi connectivity index (χ1v) is 9.53. The summed E-state index contributed by atoms with van der Waals surface area (Å²) in [4.78, 5) is 9.03. The zero-order valence-corrected chi connectivity index (χ0v) is 19.5. The minimum Gasteiger partial charge on any atom is -0.354 e. The van der Waals surface area contributed by atoms with Crippen LogP contribution in [0.4, 0.5) is 4.39 Å². The van der Waals surface area contributed by atoms with Crippen molar-refractivity contribution in [2.24, 2.45) is 4.99 Å². The van der Waals surface area contributed by atoms with Gasteiger partial charge in [0.25, 0.3) is 0 Å². The maximum Gasteiger partial charge on any atom is 0.191 e. The lowest BCUT2D eigenvalue weighted by Gasteiger charge is -2.35. The fourth-order valence-electron chi connectivity index (χ4n) is 3.43. The summed E-state index contributed by atoms with van der Waals surface area (Å²) in [5.74, 6) is 0.631. The largest absolute Gasteiger partial charge is 0.354 e. The van der Waals surface area contributed by atoms with Crippen LogP contribution in [0.1, 0.15) is 38.3 Å². The predicted molar refractivity (Wildman–Crippen MR) is 122 cm³/mol. The molecule has 1 fully saturated rings. The second kappa shape index (κ2) is 11.8. The van der Waals surface area contributed by atoms with E-state index in [-0.39, 0.29) is 35.8 Å². The molecule has 0 bridgehead atoms. The van der Waals surface area contributed by atoms with Gasteiger partial charge < -0.3 is 20.4 Å². The van der Waals surface area contributed by atoms with Crippen molar-refractivity contribution in [3.05, 3.63) is 35.6 Å². The molecule has 7 heteroatoms. The molecule has 5 nitrogen and oxygen atoms in total. The summed E-state index contributed by atoms with van der Waals surface area (Å²) in [5, 5.41) is 6.99. The number of aliphatic imine (C=N–C) groups is 1. The van der Waals surface area contributed by atoms with E-state index in [0.29, 0.717) is 18.6 Å². The van der Waals surface area contributed by atoms with E-state index in [4.69, 9.17) is 0 Å². The standard InChI is InChI=1S/C20H34FN5.HI/c1-15(2)26-12-10-18(11-13-26)24-20(22-3)23-14-19(25(4)5)16-6-8-17(21)9-7-16;/h6-9,15,18-19H,10-14H2,1-5H3,(H2,22,23,24);1H. The Labute approximate surface area is 180 Å². The molecule has 2 N–H and O–H groups in total. The summed E-state index contributed by atoms with van der Waals surface area (Å²) >= 11 is 0. The maximum atomic E-state index is 13.2. The van der Waals surface area contributed by atoms with Gasteiger partial charge in [-0.05, 0) is 58.5 Å². The van der Waals surface area contributed by atoms with Crippen LogP contribution in [0, 0.1) is 5.82 Å². The first kappa shape index (κ1) is 24.1. The van der Waals surface area contributed by atoms with E-state index in [1.165, 1.54) is 12.1 Å². The molecule has 0 spiro atoms. The number of piperidine rings is 1. The summed E-state index contributed by atoms with van der Waals surface area (Å²) in [7, 11) is 5.88. The van der Waals surface area contributed by atoms with Crippen molar-refractivity contribution in [1.29, 1.82) is 0 Å². The Morgan fingerprint density at radius 2 is 1.81 bits per heavy atom. The Bertz CT molecular complexity index is 568. The van der Waals surface area contributed by atoms with Crippen molar-refractivity contribution < 1.29 is 4.39 Å². The highest BCUT2D eigenvalue weighted by atomic mass is 127. The lowest BCUT2D eigenvalue weighted by molar-refractivity contribution is 0.167. The zero-order valence-electron chi connectivity index (χ0n) is 17.2. The summed E-state index contributed by atoms with van der Waals surface area (Å²) < 4.78 is 13.2. The lowest BCUT2D eigenvalue weighted by Crippen LogP contribution is -2.50. The normalized spacial score (nSPS) is 17.7. The molecule has 0 amide bonds. The Balaban J connectivity index is 0.00000364. The fraction of sp³-hybridized carbons (Fsp3) is 0.650. The number of halogens is 2. The van der Waals surface area contributed by atoms with Crippen molar-refractivity contribution in [1.82, 2.24) is 20.4 Å². The molecule has 27 heavy (non-hydrogen) atoms. The number of likely N-dealkylation sites (N-methyl/N-ethyl adjacent to an activating group) is 1. The molecule has 1 aromatic carbocycles. The molecule has 0 saturated carbocycles. The van der Waals surface area contributed by atoms with E-state index < -0.39 is 0 Å². The van der Waals surface area contributed by atoms with Gasteiger partial charge in [0.05, 0.1) is 6.04 Å². The van der Waals surface area contributed by atoms with Crippen LogP contribution in [0.15, 0.2) is 29.3 Å². The minimum atomic E-state index is -0.204. The van der Waals surface area contributed by atoms with Crippen molar-refractivity contribution in [2.75, 3.05) is 40.8 Å².